The standard InChI is InChI=1S/C14H17FN2O2/c1-3-19-13-7-12(14(13)18-2)17-10-4-5-11(15)9(6-10)8-16/h4-6,12-14,17H,3,7H2,1-2H3. The minimum atomic E-state index is -0.503. The number of methoxy groups -OCH3 is 1. The molecule has 0 heterocycles. The summed E-state index contributed by atoms with van der Waals surface area (Å²) in [5.74, 6) is -0.503. The maximum absolute atomic E-state index is 13.2. The van der Waals surface area contributed by atoms with Crippen LogP contribution < -0.4 is 5.32 Å². The Morgan fingerprint density at radius 2 is 2.32 bits per heavy atom. The molecule has 0 saturated heterocycles. The Bertz CT molecular complexity index is 487. The lowest BCUT2D eigenvalue weighted by Gasteiger charge is -2.43. The van der Waals surface area contributed by atoms with Crippen molar-refractivity contribution in [2.45, 2.75) is 31.6 Å². The van der Waals surface area contributed by atoms with Gasteiger partial charge in [0.1, 0.15) is 18.0 Å². The number of benzene rings is 1. The van der Waals surface area contributed by atoms with Gasteiger partial charge in [-0.15, -0.1) is 0 Å². The molecule has 1 aliphatic rings. The Balaban J connectivity index is 2.01. The molecule has 1 N–H and O–H groups in total. The number of hydrogen-bond donors (Lipinski definition) is 1. The number of ether oxygens (including phenoxy) is 2. The van der Waals surface area contributed by atoms with Crippen LogP contribution in [0.15, 0.2) is 18.2 Å². The Morgan fingerprint density at radius 1 is 1.53 bits per heavy atom. The second kappa shape index (κ2) is 6.00. The zero-order valence-corrected chi connectivity index (χ0v) is 11.0. The third-order valence-electron chi connectivity index (χ3n) is 3.34. The maximum atomic E-state index is 13.2. The predicted molar refractivity (Wildman–Crippen MR) is 69.4 cm³/mol. The van der Waals surface area contributed by atoms with E-state index in [2.05, 4.69) is 5.32 Å². The average Bonchev–Trinajstić information content (AvgIpc) is 2.39. The van der Waals surface area contributed by atoms with Gasteiger partial charge >= 0.3 is 0 Å². The summed E-state index contributed by atoms with van der Waals surface area (Å²) < 4.78 is 24.1. The molecular weight excluding hydrogens is 247 g/mol. The molecule has 1 saturated carbocycles. The SMILES string of the molecule is CCOC1CC(Nc2ccc(F)c(C#N)c2)C1OC. The lowest BCUT2D eigenvalue weighted by atomic mass is 9.85. The third-order valence-corrected chi connectivity index (χ3v) is 3.34. The second-order valence-corrected chi connectivity index (χ2v) is 4.49. The normalized spacial score (nSPS) is 25.5. The van der Waals surface area contributed by atoms with E-state index in [1.807, 2.05) is 13.0 Å². The van der Waals surface area contributed by atoms with E-state index in [0.717, 1.165) is 12.1 Å². The summed E-state index contributed by atoms with van der Waals surface area (Å²) in [6.07, 6.45) is 0.921. The Labute approximate surface area is 112 Å². The molecule has 102 valence electrons. The predicted octanol–water partition coefficient (Wildman–Crippen LogP) is 2.30. The molecule has 0 bridgehead atoms. The first-order valence-corrected chi connectivity index (χ1v) is 6.30. The van der Waals surface area contributed by atoms with Crippen molar-refractivity contribution >= 4 is 5.69 Å². The summed E-state index contributed by atoms with van der Waals surface area (Å²) in [5, 5.41) is 12.0. The van der Waals surface area contributed by atoms with Gasteiger partial charge < -0.3 is 14.8 Å². The number of anilines is 1. The molecular formula is C14H17FN2O2. The first kappa shape index (κ1) is 13.8. The maximum Gasteiger partial charge on any atom is 0.141 e. The van der Waals surface area contributed by atoms with Crippen molar-refractivity contribution in [3.05, 3.63) is 29.6 Å². The summed E-state index contributed by atoms with van der Waals surface area (Å²) in [6.45, 7) is 2.61. The Kier molecular flexibility index (Phi) is 4.35. The van der Waals surface area contributed by atoms with Crippen LogP contribution in [-0.4, -0.2) is 32.0 Å². The van der Waals surface area contributed by atoms with Crippen molar-refractivity contribution in [1.29, 1.82) is 5.26 Å². The van der Waals surface area contributed by atoms with E-state index in [1.165, 1.54) is 12.1 Å². The van der Waals surface area contributed by atoms with E-state index in [1.54, 1.807) is 13.2 Å². The van der Waals surface area contributed by atoms with Gasteiger partial charge in [-0.1, -0.05) is 0 Å². The number of nitriles is 1. The van der Waals surface area contributed by atoms with Crippen LogP contribution in [0.25, 0.3) is 0 Å². The fraction of sp³-hybridized carbons (Fsp3) is 0.500. The zero-order valence-electron chi connectivity index (χ0n) is 11.0. The molecule has 0 amide bonds. The molecule has 0 aromatic heterocycles. The third kappa shape index (κ3) is 2.86. The van der Waals surface area contributed by atoms with Crippen molar-refractivity contribution < 1.29 is 13.9 Å². The van der Waals surface area contributed by atoms with Gasteiger partial charge in [0.15, 0.2) is 0 Å². The van der Waals surface area contributed by atoms with Crippen molar-refractivity contribution in [3.63, 3.8) is 0 Å². The Morgan fingerprint density at radius 3 is 2.95 bits per heavy atom. The van der Waals surface area contributed by atoms with Crippen LogP contribution >= 0.6 is 0 Å². The van der Waals surface area contributed by atoms with Gasteiger partial charge in [0.2, 0.25) is 0 Å². The van der Waals surface area contributed by atoms with Crippen LogP contribution in [0.5, 0.6) is 0 Å². The molecule has 3 unspecified atom stereocenters. The average molecular weight is 264 g/mol. The fourth-order valence-electron chi connectivity index (χ4n) is 2.33. The molecule has 2 rings (SSSR count). The summed E-state index contributed by atoms with van der Waals surface area (Å²) in [5.41, 5.74) is 0.764. The monoisotopic (exact) mass is 264 g/mol. The van der Waals surface area contributed by atoms with E-state index in [4.69, 9.17) is 14.7 Å². The van der Waals surface area contributed by atoms with Crippen LogP contribution in [0.4, 0.5) is 10.1 Å². The van der Waals surface area contributed by atoms with Crippen LogP contribution in [0, 0.1) is 17.1 Å². The molecule has 1 fully saturated rings. The number of rotatable bonds is 5. The quantitative estimate of drug-likeness (QED) is 0.886. The first-order valence-electron chi connectivity index (χ1n) is 6.30. The highest BCUT2D eigenvalue weighted by molar-refractivity contribution is 5.51. The lowest BCUT2D eigenvalue weighted by molar-refractivity contribution is -0.118. The summed E-state index contributed by atoms with van der Waals surface area (Å²) in [7, 11) is 1.65. The van der Waals surface area contributed by atoms with Gasteiger partial charge in [-0.2, -0.15) is 5.26 Å². The first-order chi connectivity index (χ1) is 9.19. The van der Waals surface area contributed by atoms with Crippen LogP contribution in [0.2, 0.25) is 0 Å². The molecule has 0 radical (unpaired) electrons. The van der Waals surface area contributed by atoms with Gasteiger partial charge in [-0.25, -0.2) is 4.39 Å². The molecule has 1 aromatic carbocycles. The molecule has 3 atom stereocenters. The number of nitrogens with zero attached hydrogens (tertiary/aromatic N) is 1. The van der Waals surface area contributed by atoms with Crippen LogP contribution in [0.1, 0.15) is 18.9 Å². The summed E-state index contributed by atoms with van der Waals surface area (Å²) in [4.78, 5) is 0. The number of halogens is 1. The van der Waals surface area contributed by atoms with Crippen LogP contribution in [0.3, 0.4) is 0 Å². The van der Waals surface area contributed by atoms with Crippen molar-refractivity contribution in [1.82, 2.24) is 0 Å². The minimum absolute atomic E-state index is 0.0180. The van der Waals surface area contributed by atoms with Gasteiger partial charge in [-0.05, 0) is 31.5 Å². The second-order valence-electron chi connectivity index (χ2n) is 4.49. The minimum Gasteiger partial charge on any atom is -0.379 e. The zero-order chi connectivity index (χ0) is 13.8. The van der Waals surface area contributed by atoms with E-state index >= 15 is 0 Å². The number of hydrogen-bond acceptors (Lipinski definition) is 4. The molecule has 0 spiro atoms. The summed E-state index contributed by atoms with van der Waals surface area (Å²) in [6, 6.07) is 6.38. The lowest BCUT2D eigenvalue weighted by Crippen LogP contribution is -2.56. The van der Waals surface area contributed by atoms with Gasteiger partial charge in [0, 0.05) is 19.4 Å². The number of nitrogens with one attached hydrogen (secondary N) is 1. The molecule has 1 aromatic rings. The fourth-order valence-corrected chi connectivity index (χ4v) is 2.33. The topological polar surface area (TPSA) is 54.3 Å². The summed E-state index contributed by atoms with van der Waals surface area (Å²) >= 11 is 0. The largest absolute Gasteiger partial charge is 0.379 e. The van der Waals surface area contributed by atoms with E-state index in [0.29, 0.717) is 6.61 Å². The highest BCUT2D eigenvalue weighted by Gasteiger charge is 2.42. The van der Waals surface area contributed by atoms with Crippen LogP contribution in [-0.2, 0) is 9.47 Å². The van der Waals surface area contributed by atoms with Crippen molar-refractivity contribution in [2.75, 3.05) is 19.0 Å². The van der Waals surface area contributed by atoms with Gasteiger partial charge in [-0.3, -0.25) is 0 Å². The molecule has 19 heavy (non-hydrogen) atoms. The van der Waals surface area contributed by atoms with E-state index < -0.39 is 5.82 Å². The Hall–Kier alpha value is -1.64. The smallest absolute Gasteiger partial charge is 0.141 e. The molecule has 0 aliphatic heterocycles. The van der Waals surface area contributed by atoms with Crippen molar-refractivity contribution in [3.8, 4) is 6.07 Å². The highest BCUT2D eigenvalue weighted by Crippen LogP contribution is 2.30. The molecule has 4 nitrogen and oxygen atoms in total. The van der Waals surface area contributed by atoms with E-state index in [-0.39, 0.29) is 23.8 Å². The molecule has 5 heteroatoms. The highest BCUT2D eigenvalue weighted by atomic mass is 19.1. The van der Waals surface area contributed by atoms with Crippen molar-refractivity contribution in [2.24, 2.45) is 0 Å². The van der Waals surface area contributed by atoms with Gasteiger partial charge in [0.25, 0.3) is 0 Å². The molecule has 1 aliphatic carbocycles. The van der Waals surface area contributed by atoms with E-state index in [9.17, 15) is 4.39 Å². The van der Waals surface area contributed by atoms with Gasteiger partial charge in [0.05, 0.1) is 17.7 Å².